The number of pyridine rings is 1. The fourth-order valence-corrected chi connectivity index (χ4v) is 1.03. The van der Waals surface area contributed by atoms with E-state index in [9.17, 15) is 4.79 Å². The number of carbonyl (C=O) groups is 1. The number of ketones is 1. The van der Waals surface area contributed by atoms with E-state index in [0.29, 0.717) is 12.0 Å². The minimum absolute atomic E-state index is 0.0345. The third kappa shape index (κ3) is 2.95. The Bertz CT molecular complexity index is 272. The minimum atomic E-state index is -0.0345. The zero-order valence-electron chi connectivity index (χ0n) is 7.73. The van der Waals surface area contributed by atoms with Gasteiger partial charge in [-0.05, 0) is 18.6 Å². The van der Waals surface area contributed by atoms with Crippen LogP contribution in [0.3, 0.4) is 0 Å². The Balaban J connectivity index is 2.59. The first-order valence-electron chi connectivity index (χ1n) is 4.43. The number of hydrogen-bond acceptors (Lipinski definition) is 3. The summed E-state index contributed by atoms with van der Waals surface area (Å²) in [7, 11) is 0. The molecule has 0 aliphatic carbocycles. The van der Waals surface area contributed by atoms with Gasteiger partial charge in [-0.25, -0.2) is 0 Å². The number of nitrogens with zero attached hydrogens (tertiary/aromatic N) is 1. The molecule has 13 heavy (non-hydrogen) atoms. The van der Waals surface area contributed by atoms with Crippen molar-refractivity contribution in [2.75, 3.05) is 0 Å². The van der Waals surface area contributed by atoms with Crippen LogP contribution in [0.5, 0.6) is 0 Å². The van der Waals surface area contributed by atoms with Gasteiger partial charge >= 0.3 is 0 Å². The lowest BCUT2D eigenvalue weighted by atomic mass is 10.0. The predicted octanol–water partition coefficient (Wildman–Crippen LogP) is 1.39. The molecule has 1 atom stereocenters. The van der Waals surface area contributed by atoms with Crippen molar-refractivity contribution >= 4 is 5.78 Å². The molecule has 0 fully saturated rings. The number of carbonyl (C=O) groups excluding carboxylic acids is 1. The Hall–Kier alpha value is -1.22. The van der Waals surface area contributed by atoms with E-state index in [1.54, 1.807) is 24.5 Å². The van der Waals surface area contributed by atoms with Crippen LogP contribution in [0.1, 0.15) is 30.1 Å². The van der Waals surface area contributed by atoms with Crippen LogP contribution in [-0.2, 0) is 0 Å². The highest BCUT2D eigenvalue weighted by Gasteiger charge is 2.09. The molecular formula is C10H14N2O. The molecular weight excluding hydrogens is 164 g/mol. The summed E-state index contributed by atoms with van der Waals surface area (Å²) in [5.41, 5.74) is 6.31. The molecule has 0 radical (unpaired) electrons. The van der Waals surface area contributed by atoms with Crippen LogP contribution in [0.15, 0.2) is 24.5 Å². The standard InChI is InChI=1S/C10H14N2O/c1-2-9(11)6-10(13)8-4-3-5-12-7-8/h3-5,7,9H,2,6,11H2,1H3. The molecule has 0 saturated carbocycles. The summed E-state index contributed by atoms with van der Waals surface area (Å²) in [6, 6.07) is 3.48. The summed E-state index contributed by atoms with van der Waals surface area (Å²) in [4.78, 5) is 15.4. The Morgan fingerprint density at radius 3 is 3.00 bits per heavy atom. The zero-order chi connectivity index (χ0) is 9.68. The number of nitrogens with two attached hydrogens (primary N) is 1. The summed E-state index contributed by atoms with van der Waals surface area (Å²) < 4.78 is 0. The Labute approximate surface area is 78.0 Å². The summed E-state index contributed by atoms with van der Waals surface area (Å²) in [5.74, 6) is 0.0717. The summed E-state index contributed by atoms with van der Waals surface area (Å²) in [6.07, 6.45) is 4.45. The van der Waals surface area contributed by atoms with Crippen molar-refractivity contribution in [1.82, 2.24) is 4.98 Å². The first-order chi connectivity index (χ1) is 6.24. The normalized spacial score (nSPS) is 12.5. The SMILES string of the molecule is CCC(N)CC(=O)c1cccnc1. The molecule has 0 spiro atoms. The van der Waals surface area contributed by atoms with Gasteiger partial charge in [0.2, 0.25) is 0 Å². The first kappa shape index (κ1) is 9.86. The molecule has 3 nitrogen and oxygen atoms in total. The molecule has 1 unspecified atom stereocenters. The van der Waals surface area contributed by atoms with E-state index in [1.807, 2.05) is 6.92 Å². The maximum atomic E-state index is 11.5. The van der Waals surface area contributed by atoms with E-state index in [0.717, 1.165) is 6.42 Å². The van der Waals surface area contributed by atoms with Crippen LogP contribution in [0, 0.1) is 0 Å². The number of aromatic nitrogens is 1. The number of hydrogen-bond donors (Lipinski definition) is 1. The lowest BCUT2D eigenvalue weighted by Crippen LogP contribution is -2.22. The molecule has 0 aliphatic heterocycles. The van der Waals surface area contributed by atoms with Gasteiger partial charge in [-0.15, -0.1) is 0 Å². The van der Waals surface area contributed by atoms with Gasteiger partial charge in [0.25, 0.3) is 0 Å². The van der Waals surface area contributed by atoms with Crippen molar-refractivity contribution < 1.29 is 4.79 Å². The quantitative estimate of drug-likeness (QED) is 0.709. The molecule has 0 aliphatic rings. The fraction of sp³-hybridized carbons (Fsp3) is 0.400. The van der Waals surface area contributed by atoms with Gasteiger partial charge < -0.3 is 5.73 Å². The summed E-state index contributed by atoms with van der Waals surface area (Å²) >= 11 is 0. The number of Topliss-reactive ketones (excluding diaryl/α,β-unsaturated/α-hetero) is 1. The lowest BCUT2D eigenvalue weighted by molar-refractivity contribution is 0.0973. The summed E-state index contributed by atoms with van der Waals surface area (Å²) in [5, 5.41) is 0. The third-order valence-corrected chi connectivity index (χ3v) is 1.96. The first-order valence-corrected chi connectivity index (χ1v) is 4.43. The molecule has 0 bridgehead atoms. The maximum Gasteiger partial charge on any atom is 0.165 e. The van der Waals surface area contributed by atoms with E-state index >= 15 is 0 Å². The van der Waals surface area contributed by atoms with Gasteiger partial charge in [-0.2, -0.15) is 0 Å². The Kier molecular flexibility index (Phi) is 3.58. The smallest absolute Gasteiger partial charge is 0.165 e. The minimum Gasteiger partial charge on any atom is -0.327 e. The second-order valence-electron chi connectivity index (χ2n) is 3.04. The Morgan fingerprint density at radius 2 is 2.46 bits per heavy atom. The zero-order valence-corrected chi connectivity index (χ0v) is 7.73. The third-order valence-electron chi connectivity index (χ3n) is 1.96. The highest BCUT2D eigenvalue weighted by Crippen LogP contribution is 2.04. The summed E-state index contributed by atoms with van der Waals surface area (Å²) in [6.45, 7) is 1.97. The van der Waals surface area contributed by atoms with E-state index in [2.05, 4.69) is 4.98 Å². The molecule has 0 saturated heterocycles. The van der Waals surface area contributed by atoms with Gasteiger partial charge in [-0.1, -0.05) is 6.92 Å². The van der Waals surface area contributed by atoms with Gasteiger partial charge in [0.15, 0.2) is 5.78 Å². The van der Waals surface area contributed by atoms with Crippen molar-refractivity contribution in [3.8, 4) is 0 Å². The molecule has 1 aromatic rings. The molecule has 1 aromatic heterocycles. The van der Waals surface area contributed by atoms with Gasteiger partial charge in [0.05, 0.1) is 0 Å². The van der Waals surface area contributed by atoms with Crippen molar-refractivity contribution in [2.45, 2.75) is 25.8 Å². The lowest BCUT2D eigenvalue weighted by Gasteiger charge is -2.06. The van der Waals surface area contributed by atoms with Crippen molar-refractivity contribution in [3.63, 3.8) is 0 Å². The van der Waals surface area contributed by atoms with Crippen LogP contribution in [0.2, 0.25) is 0 Å². The molecule has 1 heterocycles. The van der Waals surface area contributed by atoms with Crippen molar-refractivity contribution in [3.05, 3.63) is 30.1 Å². The van der Waals surface area contributed by atoms with Crippen molar-refractivity contribution in [2.24, 2.45) is 5.73 Å². The van der Waals surface area contributed by atoms with Gasteiger partial charge in [-0.3, -0.25) is 9.78 Å². The van der Waals surface area contributed by atoms with Gasteiger partial charge in [0.1, 0.15) is 0 Å². The average molecular weight is 178 g/mol. The van der Waals surface area contributed by atoms with Crippen LogP contribution in [0.4, 0.5) is 0 Å². The molecule has 70 valence electrons. The Morgan fingerprint density at radius 1 is 1.69 bits per heavy atom. The molecule has 3 heteroatoms. The van der Waals surface area contributed by atoms with Crippen LogP contribution in [-0.4, -0.2) is 16.8 Å². The molecule has 2 N–H and O–H groups in total. The van der Waals surface area contributed by atoms with Crippen LogP contribution < -0.4 is 5.73 Å². The molecule has 1 rings (SSSR count). The van der Waals surface area contributed by atoms with Crippen LogP contribution in [0.25, 0.3) is 0 Å². The van der Waals surface area contributed by atoms with E-state index in [4.69, 9.17) is 5.73 Å². The topological polar surface area (TPSA) is 56.0 Å². The number of rotatable bonds is 4. The predicted molar refractivity (Wildman–Crippen MR) is 51.5 cm³/mol. The van der Waals surface area contributed by atoms with E-state index in [-0.39, 0.29) is 11.8 Å². The van der Waals surface area contributed by atoms with E-state index in [1.165, 1.54) is 0 Å². The second-order valence-corrected chi connectivity index (χ2v) is 3.04. The fourth-order valence-electron chi connectivity index (χ4n) is 1.03. The maximum absolute atomic E-state index is 11.5. The largest absolute Gasteiger partial charge is 0.327 e. The van der Waals surface area contributed by atoms with Crippen LogP contribution >= 0.6 is 0 Å². The molecule has 0 aromatic carbocycles. The molecule has 0 amide bonds. The highest BCUT2D eigenvalue weighted by atomic mass is 16.1. The highest BCUT2D eigenvalue weighted by molar-refractivity contribution is 5.96. The average Bonchev–Trinajstić information content (AvgIpc) is 2.19. The second kappa shape index (κ2) is 4.72. The van der Waals surface area contributed by atoms with E-state index < -0.39 is 0 Å². The van der Waals surface area contributed by atoms with Crippen molar-refractivity contribution in [1.29, 1.82) is 0 Å². The van der Waals surface area contributed by atoms with Gasteiger partial charge in [0, 0.05) is 30.4 Å². The monoisotopic (exact) mass is 178 g/mol.